The zero-order valence-electron chi connectivity index (χ0n) is 9.69. The molecule has 0 aliphatic rings. The Labute approximate surface area is 103 Å². The molecule has 4 nitrogen and oxygen atoms in total. The van der Waals surface area contributed by atoms with E-state index in [0.717, 1.165) is 5.56 Å². The summed E-state index contributed by atoms with van der Waals surface area (Å²) in [7, 11) is 0. The fraction of sp³-hybridized carbons (Fsp3) is 0.333. The van der Waals surface area contributed by atoms with Gasteiger partial charge in [-0.1, -0.05) is 17.7 Å². The third-order valence-electron chi connectivity index (χ3n) is 2.33. The number of carboxylic acid groups (broad SMARTS) is 1. The molecule has 0 radical (unpaired) electrons. The number of carbonyl (C=O) groups is 2. The molecule has 0 saturated carbocycles. The number of aryl methyl sites for hydroxylation is 1. The second-order valence-corrected chi connectivity index (χ2v) is 3.86. The van der Waals surface area contributed by atoms with Crippen LogP contribution in [0.2, 0.25) is 0 Å². The minimum atomic E-state index is -2.79. The van der Waals surface area contributed by atoms with Crippen LogP contribution in [0.5, 0.6) is 0 Å². The molecule has 0 aliphatic heterocycles. The first-order chi connectivity index (χ1) is 8.40. The molecule has 1 amide bonds. The molecule has 0 aliphatic carbocycles. The van der Waals surface area contributed by atoms with Crippen LogP contribution in [0.3, 0.4) is 0 Å². The van der Waals surface area contributed by atoms with E-state index in [0.29, 0.717) is 0 Å². The summed E-state index contributed by atoms with van der Waals surface area (Å²) in [6, 6.07) is 4.78. The van der Waals surface area contributed by atoms with Gasteiger partial charge in [0.1, 0.15) is 6.04 Å². The van der Waals surface area contributed by atoms with Gasteiger partial charge in [-0.3, -0.25) is 4.79 Å². The zero-order chi connectivity index (χ0) is 13.7. The number of aliphatic carboxylic acids is 1. The van der Waals surface area contributed by atoms with Crippen molar-refractivity contribution in [2.45, 2.75) is 25.8 Å². The number of carboxylic acids is 1. The molecule has 0 saturated heterocycles. The van der Waals surface area contributed by atoms with E-state index in [4.69, 9.17) is 5.11 Å². The molecule has 0 bridgehead atoms. The lowest BCUT2D eigenvalue weighted by atomic mass is 10.1. The second kappa shape index (κ2) is 6.09. The maximum atomic E-state index is 12.1. The highest BCUT2D eigenvalue weighted by molar-refractivity contribution is 5.96. The molecular formula is C12H13F2NO3. The van der Waals surface area contributed by atoms with Crippen LogP contribution in [0.4, 0.5) is 8.78 Å². The summed E-state index contributed by atoms with van der Waals surface area (Å²) < 4.78 is 24.3. The van der Waals surface area contributed by atoms with E-state index >= 15 is 0 Å². The molecule has 98 valence electrons. The fourth-order valence-corrected chi connectivity index (χ4v) is 1.35. The van der Waals surface area contributed by atoms with Crippen molar-refractivity contribution in [1.82, 2.24) is 5.32 Å². The van der Waals surface area contributed by atoms with Gasteiger partial charge in [0.05, 0.1) is 0 Å². The van der Waals surface area contributed by atoms with E-state index in [2.05, 4.69) is 5.32 Å². The van der Waals surface area contributed by atoms with Crippen LogP contribution in [-0.4, -0.2) is 29.5 Å². The quantitative estimate of drug-likeness (QED) is 0.845. The summed E-state index contributed by atoms with van der Waals surface area (Å²) in [5.74, 6) is -2.15. The number of carbonyl (C=O) groups excluding carboxylic acids is 1. The van der Waals surface area contributed by atoms with Gasteiger partial charge in [0.2, 0.25) is 6.43 Å². The first kappa shape index (κ1) is 14.1. The lowest BCUT2D eigenvalue weighted by molar-refractivity contribution is -0.140. The van der Waals surface area contributed by atoms with Gasteiger partial charge >= 0.3 is 5.97 Å². The number of hydrogen-bond donors (Lipinski definition) is 2. The van der Waals surface area contributed by atoms with Crippen molar-refractivity contribution in [2.24, 2.45) is 0 Å². The molecular weight excluding hydrogens is 244 g/mol. The Morgan fingerprint density at radius 3 is 2.28 bits per heavy atom. The van der Waals surface area contributed by atoms with Crippen LogP contribution in [-0.2, 0) is 4.79 Å². The second-order valence-electron chi connectivity index (χ2n) is 3.86. The van der Waals surface area contributed by atoms with Crippen molar-refractivity contribution in [3.63, 3.8) is 0 Å². The number of hydrogen-bond acceptors (Lipinski definition) is 2. The molecule has 1 rings (SSSR count). The number of amides is 1. The van der Waals surface area contributed by atoms with Gasteiger partial charge in [-0.15, -0.1) is 0 Å². The normalized spacial score (nSPS) is 12.2. The van der Waals surface area contributed by atoms with Crippen LogP contribution in [0.25, 0.3) is 0 Å². The van der Waals surface area contributed by atoms with Crippen molar-refractivity contribution in [3.05, 3.63) is 35.4 Å². The lowest BCUT2D eigenvalue weighted by Crippen LogP contribution is -2.42. The van der Waals surface area contributed by atoms with Gasteiger partial charge in [-0.05, 0) is 19.1 Å². The van der Waals surface area contributed by atoms with E-state index < -0.39 is 30.8 Å². The van der Waals surface area contributed by atoms with E-state index in [1.54, 1.807) is 12.1 Å². The van der Waals surface area contributed by atoms with Crippen molar-refractivity contribution in [3.8, 4) is 0 Å². The smallest absolute Gasteiger partial charge is 0.326 e. The molecule has 18 heavy (non-hydrogen) atoms. The van der Waals surface area contributed by atoms with Gasteiger partial charge in [0, 0.05) is 12.0 Å². The van der Waals surface area contributed by atoms with Crippen molar-refractivity contribution in [1.29, 1.82) is 0 Å². The third kappa shape index (κ3) is 4.12. The van der Waals surface area contributed by atoms with Gasteiger partial charge in [0.15, 0.2) is 0 Å². The predicted octanol–water partition coefficient (Wildman–Crippen LogP) is 1.83. The van der Waals surface area contributed by atoms with Gasteiger partial charge < -0.3 is 10.4 Å². The molecule has 0 fully saturated rings. The van der Waals surface area contributed by atoms with E-state index in [1.807, 2.05) is 6.92 Å². The molecule has 0 aromatic heterocycles. The average molecular weight is 257 g/mol. The van der Waals surface area contributed by atoms with Crippen LogP contribution in [0, 0.1) is 6.92 Å². The molecule has 1 unspecified atom stereocenters. The maximum absolute atomic E-state index is 12.1. The number of halogens is 2. The molecule has 0 spiro atoms. The fourth-order valence-electron chi connectivity index (χ4n) is 1.35. The monoisotopic (exact) mass is 257 g/mol. The molecule has 0 heterocycles. The lowest BCUT2D eigenvalue weighted by Gasteiger charge is -2.13. The van der Waals surface area contributed by atoms with Crippen LogP contribution < -0.4 is 5.32 Å². The molecule has 6 heteroatoms. The first-order valence-corrected chi connectivity index (χ1v) is 5.28. The minimum absolute atomic E-state index is 0.237. The summed E-state index contributed by atoms with van der Waals surface area (Å²) in [5.41, 5.74) is 1.18. The van der Waals surface area contributed by atoms with Crippen molar-refractivity contribution < 1.29 is 23.5 Å². The molecule has 1 atom stereocenters. The topological polar surface area (TPSA) is 66.4 Å². The Bertz CT molecular complexity index is 431. The third-order valence-corrected chi connectivity index (χ3v) is 2.33. The number of nitrogens with one attached hydrogen (secondary N) is 1. The van der Waals surface area contributed by atoms with Crippen molar-refractivity contribution >= 4 is 11.9 Å². The summed E-state index contributed by atoms with van der Waals surface area (Å²) in [6.07, 6.45) is -3.70. The van der Waals surface area contributed by atoms with E-state index in [9.17, 15) is 18.4 Å². The van der Waals surface area contributed by atoms with E-state index in [1.165, 1.54) is 12.1 Å². The Morgan fingerprint density at radius 2 is 1.83 bits per heavy atom. The Hall–Kier alpha value is -1.98. The highest BCUT2D eigenvalue weighted by Crippen LogP contribution is 2.07. The van der Waals surface area contributed by atoms with Crippen LogP contribution in [0.15, 0.2) is 24.3 Å². The Morgan fingerprint density at radius 1 is 1.28 bits per heavy atom. The predicted molar refractivity (Wildman–Crippen MR) is 60.7 cm³/mol. The first-order valence-electron chi connectivity index (χ1n) is 5.28. The highest BCUT2D eigenvalue weighted by atomic mass is 19.3. The van der Waals surface area contributed by atoms with Gasteiger partial charge in [-0.25, -0.2) is 13.6 Å². The minimum Gasteiger partial charge on any atom is -0.480 e. The summed E-state index contributed by atoms with van der Waals surface area (Å²) >= 11 is 0. The molecule has 1 aromatic rings. The highest BCUT2D eigenvalue weighted by Gasteiger charge is 2.24. The number of rotatable bonds is 5. The van der Waals surface area contributed by atoms with Crippen molar-refractivity contribution in [2.75, 3.05) is 0 Å². The largest absolute Gasteiger partial charge is 0.480 e. The number of alkyl halides is 2. The van der Waals surface area contributed by atoms with Crippen LogP contribution in [0.1, 0.15) is 22.3 Å². The summed E-state index contributed by atoms with van der Waals surface area (Å²) in [5, 5.41) is 10.8. The van der Waals surface area contributed by atoms with E-state index in [-0.39, 0.29) is 5.56 Å². The van der Waals surface area contributed by atoms with Gasteiger partial charge in [0.25, 0.3) is 5.91 Å². The average Bonchev–Trinajstić information content (AvgIpc) is 2.28. The van der Waals surface area contributed by atoms with Crippen LogP contribution >= 0.6 is 0 Å². The molecule has 2 N–H and O–H groups in total. The maximum Gasteiger partial charge on any atom is 0.326 e. The molecule has 1 aromatic carbocycles. The summed E-state index contributed by atoms with van der Waals surface area (Å²) in [6.45, 7) is 1.83. The number of benzene rings is 1. The standard InChI is InChI=1S/C12H13F2NO3/c1-7-2-4-8(5-3-7)11(16)15-9(12(17)18)6-10(13)14/h2-5,9-10H,6H2,1H3,(H,15,16)(H,17,18). The van der Waals surface area contributed by atoms with Gasteiger partial charge in [-0.2, -0.15) is 0 Å². The Balaban J connectivity index is 2.72. The summed E-state index contributed by atoms with van der Waals surface area (Å²) in [4.78, 5) is 22.3. The Kier molecular flexibility index (Phi) is 4.76. The zero-order valence-corrected chi connectivity index (χ0v) is 9.69. The SMILES string of the molecule is Cc1ccc(C(=O)NC(CC(F)F)C(=O)O)cc1.